The van der Waals surface area contributed by atoms with Crippen LogP contribution < -0.4 is 39.8 Å². The molecule has 0 aromatic rings. The summed E-state index contributed by atoms with van der Waals surface area (Å²) in [6, 6.07) is 0. The van der Waals surface area contributed by atoms with E-state index < -0.39 is 36.4 Å². The van der Waals surface area contributed by atoms with E-state index in [-0.39, 0.29) is 31.0 Å². The number of hydrogen-bond donors (Lipinski definition) is 4. The van der Waals surface area contributed by atoms with Crippen LogP contribution in [0.5, 0.6) is 0 Å². The molecular weight excluding hydrogens is 223 g/mol. The molecule has 0 saturated heterocycles. The summed E-state index contributed by atoms with van der Waals surface area (Å²) in [6.07, 6.45) is -9.76. The van der Waals surface area contributed by atoms with Crippen LogP contribution >= 0.6 is 0 Å². The Morgan fingerprint density at radius 2 is 1.07 bits per heavy atom. The number of aliphatic carboxylic acids is 2. The molecule has 0 radical (unpaired) electrons. The van der Waals surface area contributed by atoms with E-state index in [1.54, 1.807) is 0 Å². The first-order chi connectivity index (χ1) is 6.29. The summed E-state index contributed by atoms with van der Waals surface area (Å²) in [4.78, 5) is 19.9. The van der Waals surface area contributed by atoms with Crippen molar-refractivity contribution in [2.75, 3.05) is 0 Å². The van der Waals surface area contributed by atoms with Gasteiger partial charge in [0.05, 0.1) is 11.9 Å². The Balaban J connectivity index is -0.000000845. The number of carbonyl (C=O) groups excluding carboxylic acids is 2. The number of carboxylic acid groups (broad SMARTS) is 2. The predicted octanol–water partition coefficient (Wildman–Crippen LogP) is -8.95. The van der Waals surface area contributed by atoms with Gasteiger partial charge in [-0.05, 0) is 0 Å². The second-order valence-electron chi connectivity index (χ2n) is 2.51. The van der Waals surface area contributed by atoms with Crippen molar-refractivity contribution < 1.29 is 71.2 Å². The summed E-state index contributed by atoms with van der Waals surface area (Å²) in [5.41, 5.74) is 0. The van der Waals surface area contributed by atoms with Crippen molar-refractivity contribution in [2.24, 2.45) is 0 Å². The summed E-state index contributed by atoms with van der Waals surface area (Å²) >= 11 is 0. The third-order valence-electron chi connectivity index (χ3n) is 1.48. The van der Waals surface area contributed by atoms with Gasteiger partial charge in [-0.2, -0.15) is 0 Å². The van der Waals surface area contributed by atoms with Crippen LogP contribution in [0.1, 0.15) is 1.43 Å². The van der Waals surface area contributed by atoms with Gasteiger partial charge in [-0.15, -0.1) is 0 Å². The molecule has 0 aliphatic heterocycles. The monoisotopic (exact) mass is 232 g/mol. The SMILES string of the molecule is O=C([O-])[C@@H](O)[C@@H](O)[C@H](O)[C@@H](O)C(=O)[O-].[H+].[Na+]. The quantitative estimate of drug-likeness (QED) is 0.339. The number of carboxylic acids is 2. The average molecular weight is 232 g/mol. The third-order valence-corrected chi connectivity index (χ3v) is 1.48. The fourth-order valence-corrected chi connectivity index (χ4v) is 0.652. The van der Waals surface area contributed by atoms with Crippen LogP contribution in [0, 0.1) is 0 Å². The molecular formula is C6H9NaO8. The van der Waals surface area contributed by atoms with Crippen LogP contribution in [-0.2, 0) is 9.59 Å². The van der Waals surface area contributed by atoms with Crippen molar-refractivity contribution >= 4 is 11.9 Å². The molecule has 0 bridgehead atoms. The number of rotatable bonds is 5. The third kappa shape index (κ3) is 4.89. The zero-order valence-electron chi connectivity index (χ0n) is 8.73. The minimum Gasteiger partial charge on any atom is -0.547 e. The maximum Gasteiger partial charge on any atom is 1.00 e. The van der Waals surface area contributed by atoms with Gasteiger partial charge in [0.25, 0.3) is 0 Å². The largest absolute Gasteiger partial charge is 1.00 e. The molecule has 15 heavy (non-hydrogen) atoms. The summed E-state index contributed by atoms with van der Waals surface area (Å²) in [6.45, 7) is 0. The normalized spacial score (nSPS) is 18.1. The van der Waals surface area contributed by atoms with Gasteiger partial charge in [0.2, 0.25) is 0 Å². The second kappa shape index (κ2) is 7.12. The van der Waals surface area contributed by atoms with Gasteiger partial charge >= 0.3 is 31.0 Å². The van der Waals surface area contributed by atoms with E-state index in [1.165, 1.54) is 0 Å². The average Bonchev–Trinajstić information content (AvgIpc) is 2.12. The molecule has 9 heteroatoms. The van der Waals surface area contributed by atoms with E-state index >= 15 is 0 Å². The molecule has 0 aromatic carbocycles. The van der Waals surface area contributed by atoms with Crippen LogP contribution in [0.2, 0.25) is 0 Å². The molecule has 0 spiro atoms. The van der Waals surface area contributed by atoms with E-state index in [4.69, 9.17) is 20.4 Å². The fourth-order valence-electron chi connectivity index (χ4n) is 0.652. The van der Waals surface area contributed by atoms with Crippen LogP contribution in [-0.4, -0.2) is 56.8 Å². The molecule has 4 N–H and O–H groups in total. The first kappa shape index (κ1) is 17.2. The van der Waals surface area contributed by atoms with Crippen LogP contribution in [0.25, 0.3) is 0 Å². The maximum absolute atomic E-state index is 9.96. The zero-order valence-corrected chi connectivity index (χ0v) is 9.73. The predicted molar refractivity (Wildman–Crippen MR) is 35.2 cm³/mol. The Bertz CT molecular complexity index is 213. The second-order valence-corrected chi connectivity index (χ2v) is 2.51. The molecule has 8 nitrogen and oxygen atoms in total. The van der Waals surface area contributed by atoms with Crippen molar-refractivity contribution in [3.8, 4) is 0 Å². The van der Waals surface area contributed by atoms with Crippen molar-refractivity contribution in [3.05, 3.63) is 0 Å². The van der Waals surface area contributed by atoms with Gasteiger partial charge in [0.15, 0.2) is 0 Å². The number of carbonyl (C=O) groups is 2. The summed E-state index contributed by atoms with van der Waals surface area (Å²) in [5, 5.41) is 54.7. The van der Waals surface area contributed by atoms with E-state index in [2.05, 4.69) is 0 Å². The molecule has 0 heterocycles. The van der Waals surface area contributed by atoms with Crippen molar-refractivity contribution in [1.82, 2.24) is 0 Å². The summed E-state index contributed by atoms with van der Waals surface area (Å²) in [5.74, 6) is -4.22. The van der Waals surface area contributed by atoms with Crippen molar-refractivity contribution in [2.45, 2.75) is 24.4 Å². The summed E-state index contributed by atoms with van der Waals surface area (Å²) in [7, 11) is 0. The minimum absolute atomic E-state index is 0. The molecule has 4 atom stereocenters. The van der Waals surface area contributed by atoms with Crippen molar-refractivity contribution in [3.63, 3.8) is 0 Å². The summed E-state index contributed by atoms with van der Waals surface area (Å²) < 4.78 is 0. The molecule has 0 aliphatic carbocycles. The number of aliphatic hydroxyl groups excluding tert-OH is 4. The van der Waals surface area contributed by atoms with Gasteiger partial charge in [-0.1, -0.05) is 0 Å². The number of hydrogen-bond acceptors (Lipinski definition) is 8. The van der Waals surface area contributed by atoms with Gasteiger partial charge < -0.3 is 40.2 Å². The Kier molecular flexibility index (Phi) is 8.16. The smallest absolute Gasteiger partial charge is 0.547 e. The molecule has 0 saturated carbocycles. The first-order valence-corrected chi connectivity index (χ1v) is 3.43. The van der Waals surface area contributed by atoms with Gasteiger partial charge in [0, 0.05) is 0 Å². The Hall–Kier alpha value is -0.220. The fraction of sp³-hybridized carbons (Fsp3) is 0.667. The van der Waals surface area contributed by atoms with E-state index in [9.17, 15) is 19.8 Å². The van der Waals surface area contributed by atoms with E-state index in [1.807, 2.05) is 0 Å². The molecule has 0 amide bonds. The van der Waals surface area contributed by atoms with E-state index in [0.29, 0.717) is 0 Å². The molecule has 82 valence electrons. The van der Waals surface area contributed by atoms with Gasteiger partial charge in [-0.3, -0.25) is 0 Å². The van der Waals surface area contributed by atoms with Crippen molar-refractivity contribution in [1.29, 1.82) is 0 Å². The molecule has 0 aromatic heterocycles. The van der Waals surface area contributed by atoms with Crippen LogP contribution in [0.15, 0.2) is 0 Å². The van der Waals surface area contributed by atoms with E-state index in [0.717, 1.165) is 0 Å². The standard InChI is InChI=1S/C6H10O8.Na/c7-1(3(9)5(11)12)2(8)4(10)6(13)14;/h1-4,7-10H,(H,11,12)(H,13,14);/q;+1/p-1/t1-,2-,3-,4+;/m0./s1. The molecule has 0 rings (SSSR count). The molecule has 0 unspecified atom stereocenters. The van der Waals surface area contributed by atoms with Crippen LogP contribution in [0.3, 0.4) is 0 Å². The Labute approximate surface area is 108 Å². The molecule has 0 aliphatic rings. The first-order valence-electron chi connectivity index (χ1n) is 3.43. The Morgan fingerprint density at radius 3 is 1.20 bits per heavy atom. The van der Waals surface area contributed by atoms with Crippen LogP contribution in [0.4, 0.5) is 0 Å². The number of aliphatic hydroxyl groups is 4. The van der Waals surface area contributed by atoms with Gasteiger partial charge in [-0.25, -0.2) is 0 Å². The Morgan fingerprint density at radius 1 is 0.867 bits per heavy atom. The molecule has 0 fully saturated rings. The minimum atomic E-state index is -2.50. The van der Waals surface area contributed by atoms with Gasteiger partial charge in [0.1, 0.15) is 24.4 Å². The zero-order chi connectivity index (χ0) is 11.5. The topological polar surface area (TPSA) is 161 Å². The maximum atomic E-state index is 9.96.